The van der Waals surface area contributed by atoms with Crippen LogP contribution in [0.5, 0.6) is 0 Å². The van der Waals surface area contributed by atoms with Crippen LogP contribution in [0, 0.1) is 12.3 Å². The van der Waals surface area contributed by atoms with Gasteiger partial charge in [0.25, 0.3) is 0 Å². The minimum absolute atomic E-state index is 0.313. The third kappa shape index (κ3) is 3.39. The summed E-state index contributed by atoms with van der Waals surface area (Å²) in [5.41, 5.74) is 2.37. The molecule has 1 unspecified atom stereocenters. The van der Waals surface area contributed by atoms with Gasteiger partial charge in [0.15, 0.2) is 0 Å². The Hall–Kier alpha value is -2.73. The fourth-order valence-electron chi connectivity index (χ4n) is 1.97. The van der Waals surface area contributed by atoms with Crippen molar-refractivity contribution >= 4 is 11.7 Å². The molecule has 0 heterocycles. The average Bonchev–Trinajstić information content (AvgIpc) is 2.48. The van der Waals surface area contributed by atoms with E-state index in [1.165, 1.54) is 0 Å². The van der Waals surface area contributed by atoms with Crippen LogP contribution < -0.4 is 5.32 Å². The molecular formula is C17H15NO2. The lowest BCUT2D eigenvalue weighted by Crippen LogP contribution is -2.20. The van der Waals surface area contributed by atoms with E-state index >= 15 is 0 Å². The van der Waals surface area contributed by atoms with Crippen molar-refractivity contribution in [2.24, 2.45) is 0 Å². The highest BCUT2D eigenvalue weighted by Gasteiger charge is 2.19. The summed E-state index contributed by atoms with van der Waals surface area (Å²) >= 11 is 0. The van der Waals surface area contributed by atoms with E-state index in [1.54, 1.807) is 0 Å². The molecule has 2 aromatic rings. The van der Waals surface area contributed by atoms with Gasteiger partial charge in [-0.15, -0.1) is 6.42 Å². The van der Waals surface area contributed by atoms with Gasteiger partial charge in [0.05, 0.1) is 5.92 Å². The van der Waals surface area contributed by atoms with Crippen LogP contribution in [0.15, 0.2) is 54.6 Å². The normalized spacial score (nSPS) is 11.3. The van der Waals surface area contributed by atoms with Crippen molar-refractivity contribution in [2.75, 3.05) is 11.9 Å². The van der Waals surface area contributed by atoms with E-state index in [9.17, 15) is 9.90 Å². The highest BCUT2D eigenvalue weighted by molar-refractivity contribution is 5.77. The van der Waals surface area contributed by atoms with Gasteiger partial charge in [0.1, 0.15) is 0 Å². The molecule has 0 saturated carbocycles. The smallest absolute Gasteiger partial charge is 0.312 e. The number of aliphatic carboxylic acids is 1. The summed E-state index contributed by atoms with van der Waals surface area (Å²) in [7, 11) is 0. The van der Waals surface area contributed by atoms with Crippen molar-refractivity contribution in [3.05, 3.63) is 65.7 Å². The van der Waals surface area contributed by atoms with E-state index in [0.717, 1.165) is 16.8 Å². The topological polar surface area (TPSA) is 49.3 Å². The Morgan fingerprint density at radius 1 is 1.20 bits per heavy atom. The molecule has 0 saturated heterocycles. The van der Waals surface area contributed by atoms with E-state index < -0.39 is 11.9 Å². The van der Waals surface area contributed by atoms with Gasteiger partial charge in [0.2, 0.25) is 0 Å². The lowest BCUT2D eigenvalue weighted by Gasteiger charge is -2.14. The van der Waals surface area contributed by atoms with Crippen molar-refractivity contribution in [3.63, 3.8) is 0 Å². The van der Waals surface area contributed by atoms with Crippen LogP contribution in [0.3, 0.4) is 0 Å². The van der Waals surface area contributed by atoms with E-state index in [0.29, 0.717) is 6.54 Å². The molecule has 0 amide bonds. The molecule has 3 nitrogen and oxygen atoms in total. The van der Waals surface area contributed by atoms with Gasteiger partial charge in [0, 0.05) is 17.8 Å². The fourth-order valence-corrected chi connectivity index (χ4v) is 1.97. The first-order valence-electron chi connectivity index (χ1n) is 6.29. The largest absolute Gasteiger partial charge is 0.481 e. The maximum atomic E-state index is 11.4. The number of carbonyl (C=O) groups is 1. The van der Waals surface area contributed by atoms with E-state index in [1.807, 2.05) is 54.6 Å². The van der Waals surface area contributed by atoms with Crippen LogP contribution in [0.25, 0.3) is 0 Å². The molecule has 20 heavy (non-hydrogen) atoms. The summed E-state index contributed by atoms with van der Waals surface area (Å²) < 4.78 is 0. The van der Waals surface area contributed by atoms with Crippen LogP contribution in [0.1, 0.15) is 17.0 Å². The van der Waals surface area contributed by atoms with Gasteiger partial charge < -0.3 is 10.4 Å². The molecule has 0 bridgehead atoms. The Kier molecular flexibility index (Phi) is 4.41. The predicted octanol–water partition coefficient (Wildman–Crippen LogP) is 2.95. The highest BCUT2D eigenvalue weighted by atomic mass is 16.4. The van der Waals surface area contributed by atoms with Crippen molar-refractivity contribution in [1.29, 1.82) is 0 Å². The monoisotopic (exact) mass is 265 g/mol. The Balaban J connectivity index is 2.10. The van der Waals surface area contributed by atoms with Crippen LogP contribution in [0.4, 0.5) is 5.69 Å². The van der Waals surface area contributed by atoms with Gasteiger partial charge in [-0.25, -0.2) is 0 Å². The molecule has 0 aliphatic heterocycles. The lowest BCUT2D eigenvalue weighted by molar-refractivity contribution is -0.138. The number of terminal acetylenes is 1. The lowest BCUT2D eigenvalue weighted by atomic mass is 9.99. The number of nitrogens with one attached hydrogen (secondary N) is 1. The highest BCUT2D eigenvalue weighted by Crippen LogP contribution is 2.18. The van der Waals surface area contributed by atoms with Crippen LogP contribution in [0.2, 0.25) is 0 Å². The third-order valence-corrected chi connectivity index (χ3v) is 3.04. The first-order chi connectivity index (χ1) is 9.70. The van der Waals surface area contributed by atoms with Crippen molar-refractivity contribution in [1.82, 2.24) is 0 Å². The second kappa shape index (κ2) is 6.44. The zero-order valence-corrected chi connectivity index (χ0v) is 10.9. The van der Waals surface area contributed by atoms with Crippen molar-refractivity contribution < 1.29 is 9.90 Å². The maximum absolute atomic E-state index is 11.4. The quantitative estimate of drug-likeness (QED) is 0.817. The summed E-state index contributed by atoms with van der Waals surface area (Å²) in [6.45, 7) is 0.313. The maximum Gasteiger partial charge on any atom is 0.312 e. The van der Waals surface area contributed by atoms with Crippen LogP contribution >= 0.6 is 0 Å². The Bertz CT molecular complexity index is 629. The van der Waals surface area contributed by atoms with Crippen LogP contribution in [-0.2, 0) is 4.79 Å². The SMILES string of the molecule is C#Cc1cccc(NCC(C(=O)O)c2ccccc2)c1. The molecule has 1 atom stereocenters. The summed E-state index contributed by atoms with van der Waals surface area (Å²) in [5.74, 6) is 1.11. The predicted molar refractivity (Wildman–Crippen MR) is 79.7 cm³/mol. The van der Waals surface area contributed by atoms with Gasteiger partial charge in [-0.05, 0) is 23.8 Å². The zero-order chi connectivity index (χ0) is 14.4. The number of hydrogen-bond acceptors (Lipinski definition) is 2. The zero-order valence-electron chi connectivity index (χ0n) is 10.9. The number of rotatable bonds is 5. The molecule has 0 aliphatic carbocycles. The summed E-state index contributed by atoms with van der Waals surface area (Å²) in [5, 5.41) is 12.5. The Labute approximate surface area is 118 Å². The Morgan fingerprint density at radius 3 is 2.60 bits per heavy atom. The minimum Gasteiger partial charge on any atom is -0.481 e. The molecule has 2 N–H and O–H groups in total. The van der Waals surface area contributed by atoms with Gasteiger partial charge in [-0.1, -0.05) is 42.3 Å². The Morgan fingerprint density at radius 2 is 1.95 bits per heavy atom. The molecule has 2 aromatic carbocycles. The number of carboxylic acids is 1. The average molecular weight is 265 g/mol. The number of benzene rings is 2. The van der Waals surface area contributed by atoms with Crippen LogP contribution in [-0.4, -0.2) is 17.6 Å². The van der Waals surface area contributed by atoms with Gasteiger partial charge >= 0.3 is 5.97 Å². The number of carboxylic acid groups (broad SMARTS) is 1. The number of anilines is 1. The molecule has 0 aromatic heterocycles. The minimum atomic E-state index is -0.850. The molecule has 0 radical (unpaired) electrons. The summed E-state index contributed by atoms with van der Waals surface area (Å²) in [6, 6.07) is 16.5. The molecule has 3 heteroatoms. The fraction of sp³-hybridized carbons (Fsp3) is 0.118. The molecule has 0 aliphatic rings. The van der Waals surface area contributed by atoms with E-state index in [4.69, 9.17) is 6.42 Å². The first-order valence-corrected chi connectivity index (χ1v) is 6.29. The van der Waals surface area contributed by atoms with Gasteiger partial charge in [-0.2, -0.15) is 0 Å². The number of hydrogen-bond donors (Lipinski definition) is 2. The summed E-state index contributed by atoms with van der Waals surface area (Å²) in [4.78, 5) is 11.4. The van der Waals surface area contributed by atoms with Crippen molar-refractivity contribution in [3.8, 4) is 12.3 Å². The second-order valence-electron chi connectivity index (χ2n) is 4.41. The molecule has 100 valence electrons. The molecule has 0 spiro atoms. The molecule has 2 rings (SSSR count). The van der Waals surface area contributed by atoms with Crippen molar-refractivity contribution in [2.45, 2.75) is 5.92 Å². The molecule has 0 fully saturated rings. The second-order valence-corrected chi connectivity index (χ2v) is 4.41. The summed E-state index contributed by atoms with van der Waals surface area (Å²) in [6.07, 6.45) is 5.34. The van der Waals surface area contributed by atoms with E-state index in [-0.39, 0.29) is 0 Å². The first kappa shape index (κ1) is 13.7. The third-order valence-electron chi connectivity index (χ3n) is 3.04. The van der Waals surface area contributed by atoms with Gasteiger partial charge in [-0.3, -0.25) is 4.79 Å². The van der Waals surface area contributed by atoms with E-state index in [2.05, 4.69) is 11.2 Å². The molecular weight excluding hydrogens is 250 g/mol. The standard InChI is InChI=1S/C17H15NO2/c1-2-13-7-6-10-15(11-13)18-12-16(17(19)20)14-8-4-3-5-9-14/h1,3-11,16,18H,12H2,(H,19,20).